The molecule has 4 heteroatoms. The quantitative estimate of drug-likeness (QED) is 0.780. The number of aromatic nitrogens is 1. The standard InChI is InChI=1S/C13H13ClN2O/c1-7-4-8(14)5-9-12(15)10-6-17-3-2-11(10)16-13(7)9/h4-5H,2-3,6H2,1H3,(H2,15,16). The number of halogens is 1. The van der Waals surface area contributed by atoms with Crippen LogP contribution in [0.5, 0.6) is 0 Å². The van der Waals surface area contributed by atoms with Crippen molar-refractivity contribution in [2.24, 2.45) is 0 Å². The van der Waals surface area contributed by atoms with Crippen molar-refractivity contribution in [3.05, 3.63) is 34.0 Å². The Kier molecular flexibility index (Phi) is 2.45. The van der Waals surface area contributed by atoms with Crippen LogP contribution in [0.2, 0.25) is 5.02 Å². The van der Waals surface area contributed by atoms with Gasteiger partial charge in [0.1, 0.15) is 0 Å². The van der Waals surface area contributed by atoms with Crippen LogP contribution in [0.15, 0.2) is 12.1 Å². The Hall–Kier alpha value is -1.32. The first-order chi connectivity index (χ1) is 8.16. The average Bonchev–Trinajstić information content (AvgIpc) is 2.31. The number of fused-ring (bicyclic) bond motifs is 2. The highest BCUT2D eigenvalue weighted by Gasteiger charge is 2.17. The Morgan fingerprint density at radius 1 is 1.41 bits per heavy atom. The van der Waals surface area contributed by atoms with E-state index in [1.54, 1.807) is 0 Å². The second-order valence-electron chi connectivity index (χ2n) is 4.37. The van der Waals surface area contributed by atoms with Gasteiger partial charge in [0, 0.05) is 28.1 Å². The molecule has 0 radical (unpaired) electrons. The van der Waals surface area contributed by atoms with Gasteiger partial charge in [-0.3, -0.25) is 4.98 Å². The van der Waals surface area contributed by atoms with E-state index in [0.717, 1.165) is 46.4 Å². The van der Waals surface area contributed by atoms with Crippen LogP contribution in [-0.4, -0.2) is 11.6 Å². The van der Waals surface area contributed by atoms with Crippen molar-refractivity contribution in [1.82, 2.24) is 4.98 Å². The molecule has 0 amide bonds. The van der Waals surface area contributed by atoms with Gasteiger partial charge in [0.2, 0.25) is 0 Å². The topological polar surface area (TPSA) is 48.1 Å². The molecule has 1 aliphatic rings. The van der Waals surface area contributed by atoms with Crippen molar-refractivity contribution >= 4 is 28.2 Å². The predicted octanol–water partition coefficient (Wildman–Crippen LogP) is 2.85. The normalized spacial score (nSPS) is 14.9. The third-order valence-corrected chi connectivity index (χ3v) is 3.42. The molecule has 0 bridgehead atoms. The number of nitrogens with zero attached hydrogens (tertiary/aromatic N) is 1. The van der Waals surface area contributed by atoms with Gasteiger partial charge in [-0.05, 0) is 24.6 Å². The second kappa shape index (κ2) is 3.86. The number of nitrogen functional groups attached to an aromatic ring is 1. The summed E-state index contributed by atoms with van der Waals surface area (Å²) in [5, 5.41) is 1.62. The average molecular weight is 249 g/mol. The summed E-state index contributed by atoms with van der Waals surface area (Å²) < 4.78 is 5.43. The lowest BCUT2D eigenvalue weighted by molar-refractivity contribution is 0.110. The summed E-state index contributed by atoms with van der Waals surface area (Å²) in [5.74, 6) is 0. The SMILES string of the molecule is Cc1cc(Cl)cc2c(N)c3c(nc12)CCOC3. The predicted molar refractivity (Wildman–Crippen MR) is 69.3 cm³/mol. The first-order valence-corrected chi connectivity index (χ1v) is 5.99. The van der Waals surface area contributed by atoms with E-state index >= 15 is 0 Å². The molecule has 1 aliphatic heterocycles. The van der Waals surface area contributed by atoms with Crippen LogP contribution in [0.4, 0.5) is 5.69 Å². The van der Waals surface area contributed by atoms with Crippen molar-refractivity contribution in [3.8, 4) is 0 Å². The summed E-state index contributed by atoms with van der Waals surface area (Å²) in [5.41, 5.74) is 11.1. The Balaban J connectivity index is 2.40. The molecule has 0 unspecified atom stereocenters. The van der Waals surface area contributed by atoms with E-state index in [-0.39, 0.29) is 0 Å². The van der Waals surface area contributed by atoms with Crippen LogP contribution in [0.1, 0.15) is 16.8 Å². The van der Waals surface area contributed by atoms with Gasteiger partial charge < -0.3 is 10.5 Å². The first-order valence-electron chi connectivity index (χ1n) is 5.61. The van der Waals surface area contributed by atoms with E-state index in [1.807, 2.05) is 19.1 Å². The number of hydrogen-bond acceptors (Lipinski definition) is 3. The number of rotatable bonds is 0. The van der Waals surface area contributed by atoms with E-state index in [9.17, 15) is 0 Å². The van der Waals surface area contributed by atoms with Gasteiger partial charge in [-0.25, -0.2) is 0 Å². The van der Waals surface area contributed by atoms with E-state index in [1.165, 1.54) is 0 Å². The Labute approximate surface area is 105 Å². The molecule has 2 aromatic rings. The van der Waals surface area contributed by atoms with Crippen molar-refractivity contribution in [2.45, 2.75) is 20.0 Å². The Morgan fingerprint density at radius 2 is 2.24 bits per heavy atom. The van der Waals surface area contributed by atoms with Gasteiger partial charge >= 0.3 is 0 Å². The minimum absolute atomic E-state index is 0.551. The van der Waals surface area contributed by atoms with E-state index in [2.05, 4.69) is 0 Å². The zero-order valence-electron chi connectivity index (χ0n) is 9.59. The van der Waals surface area contributed by atoms with Gasteiger partial charge in [-0.2, -0.15) is 0 Å². The molecule has 3 rings (SSSR count). The minimum Gasteiger partial charge on any atom is -0.398 e. The number of aryl methyl sites for hydroxylation is 1. The Morgan fingerprint density at radius 3 is 3.06 bits per heavy atom. The van der Waals surface area contributed by atoms with E-state index < -0.39 is 0 Å². The molecule has 17 heavy (non-hydrogen) atoms. The summed E-state index contributed by atoms with van der Waals surface area (Å²) in [6, 6.07) is 3.79. The largest absolute Gasteiger partial charge is 0.398 e. The monoisotopic (exact) mass is 248 g/mol. The van der Waals surface area contributed by atoms with Crippen molar-refractivity contribution in [3.63, 3.8) is 0 Å². The molecule has 3 nitrogen and oxygen atoms in total. The van der Waals surface area contributed by atoms with Crippen LogP contribution in [0.3, 0.4) is 0 Å². The maximum absolute atomic E-state index is 6.20. The fraction of sp³-hybridized carbons (Fsp3) is 0.308. The number of anilines is 1. The number of benzene rings is 1. The molecule has 2 N–H and O–H groups in total. The molecule has 2 heterocycles. The molecule has 0 aliphatic carbocycles. The maximum Gasteiger partial charge on any atom is 0.0756 e. The van der Waals surface area contributed by atoms with Crippen LogP contribution in [0, 0.1) is 6.92 Å². The van der Waals surface area contributed by atoms with Crippen LogP contribution in [-0.2, 0) is 17.8 Å². The highest BCUT2D eigenvalue weighted by atomic mass is 35.5. The third kappa shape index (κ3) is 1.66. The smallest absolute Gasteiger partial charge is 0.0756 e. The van der Waals surface area contributed by atoms with E-state index in [4.69, 9.17) is 27.1 Å². The zero-order valence-corrected chi connectivity index (χ0v) is 10.3. The number of nitrogens with two attached hydrogens (primary N) is 1. The summed E-state index contributed by atoms with van der Waals surface area (Å²) in [6.07, 6.45) is 0.831. The van der Waals surface area contributed by atoms with E-state index in [0.29, 0.717) is 11.6 Å². The van der Waals surface area contributed by atoms with Crippen LogP contribution in [0.25, 0.3) is 10.9 Å². The van der Waals surface area contributed by atoms with Crippen molar-refractivity contribution in [2.75, 3.05) is 12.3 Å². The van der Waals surface area contributed by atoms with Crippen molar-refractivity contribution in [1.29, 1.82) is 0 Å². The van der Waals surface area contributed by atoms with Crippen LogP contribution >= 0.6 is 11.6 Å². The number of pyridine rings is 1. The summed E-state index contributed by atoms with van der Waals surface area (Å²) in [4.78, 5) is 4.70. The molecule has 88 valence electrons. The van der Waals surface area contributed by atoms with Gasteiger partial charge in [-0.15, -0.1) is 0 Å². The molecule has 0 spiro atoms. The lowest BCUT2D eigenvalue weighted by Crippen LogP contribution is -2.14. The molecule has 0 fully saturated rings. The molecule has 0 saturated heterocycles. The first kappa shape index (κ1) is 10.8. The number of hydrogen-bond donors (Lipinski definition) is 1. The van der Waals surface area contributed by atoms with Gasteiger partial charge in [0.25, 0.3) is 0 Å². The molecular formula is C13H13ClN2O. The highest BCUT2D eigenvalue weighted by Crippen LogP contribution is 2.32. The summed E-state index contributed by atoms with van der Waals surface area (Å²) >= 11 is 6.06. The number of ether oxygens (including phenoxy) is 1. The highest BCUT2D eigenvalue weighted by molar-refractivity contribution is 6.31. The zero-order chi connectivity index (χ0) is 12.0. The fourth-order valence-electron chi connectivity index (χ4n) is 2.32. The third-order valence-electron chi connectivity index (χ3n) is 3.21. The van der Waals surface area contributed by atoms with Crippen molar-refractivity contribution < 1.29 is 4.74 Å². The van der Waals surface area contributed by atoms with Gasteiger partial charge in [0.05, 0.1) is 24.4 Å². The van der Waals surface area contributed by atoms with Gasteiger partial charge in [-0.1, -0.05) is 11.6 Å². The molecule has 0 atom stereocenters. The molecule has 1 aromatic heterocycles. The maximum atomic E-state index is 6.20. The lowest BCUT2D eigenvalue weighted by Gasteiger charge is -2.19. The van der Waals surface area contributed by atoms with Crippen LogP contribution < -0.4 is 5.73 Å². The molecule has 0 saturated carbocycles. The lowest BCUT2D eigenvalue weighted by atomic mass is 10.0. The second-order valence-corrected chi connectivity index (χ2v) is 4.81. The fourth-order valence-corrected chi connectivity index (χ4v) is 2.59. The summed E-state index contributed by atoms with van der Waals surface area (Å²) in [6.45, 7) is 3.28. The van der Waals surface area contributed by atoms with Gasteiger partial charge in [0.15, 0.2) is 0 Å². The summed E-state index contributed by atoms with van der Waals surface area (Å²) in [7, 11) is 0. The molecular weight excluding hydrogens is 236 g/mol. The minimum atomic E-state index is 0.551. The molecule has 1 aromatic carbocycles. The Bertz CT molecular complexity index is 610.